The zero-order valence-corrected chi connectivity index (χ0v) is 16.8. The topological polar surface area (TPSA) is 78.2 Å². The Hall–Kier alpha value is -3.52. The van der Waals surface area contributed by atoms with Gasteiger partial charge in [0.25, 0.3) is 0 Å². The molecule has 4 rings (SSSR count). The van der Waals surface area contributed by atoms with Crippen LogP contribution >= 0.6 is 0 Å². The number of nitriles is 1. The molecule has 1 saturated heterocycles. The van der Waals surface area contributed by atoms with E-state index >= 15 is 0 Å². The summed E-state index contributed by atoms with van der Waals surface area (Å²) in [4.78, 5) is 37.3. The average molecular weight is 400 g/mol. The molecule has 1 fully saturated rings. The van der Waals surface area contributed by atoms with Crippen molar-refractivity contribution in [3.63, 3.8) is 0 Å². The number of Topliss-reactive ketones (excluding diaryl/α,β-unsaturated/α-hetero) is 2. The van der Waals surface area contributed by atoms with Crippen LogP contribution in [0.25, 0.3) is 6.08 Å². The van der Waals surface area contributed by atoms with Crippen LogP contribution in [0.15, 0.2) is 60.2 Å². The number of allylic oxidation sites excluding steroid dienone is 1. The number of rotatable bonds is 3. The summed E-state index contributed by atoms with van der Waals surface area (Å²) in [5, 5.41) is 8.29. The Morgan fingerprint density at radius 1 is 0.967 bits per heavy atom. The van der Waals surface area contributed by atoms with Gasteiger partial charge in [-0.3, -0.25) is 14.4 Å². The molecule has 2 aliphatic rings. The Morgan fingerprint density at radius 3 is 2.30 bits per heavy atom. The lowest BCUT2D eigenvalue weighted by Crippen LogP contribution is -2.38. The summed E-state index contributed by atoms with van der Waals surface area (Å²) < 4.78 is 0. The van der Waals surface area contributed by atoms with Gasteiger partial charge in [0, 0.05) is 44.3 Å². The van der Waals surface area contributed by atoms with Crippen LogP contribution in [0.2, 0.25) is 0 Å². The maximum atomic E-state index is 12.2. The van der Waals surface area contributed by atoms with E-state index in [0.717, 1.165) is 16.7 Å². The molecule has 1 aliphatic heterocycles. The van der Waals surface area contributed by atoms with Crippen molar-refractivity contribution < 1.29 is 14.4 Å². The van der Waals surface area contributed by atoms with E-state index in [9.17, 15) is 14.4 Å². The largest absolute Gasteiger partial charge is 0.342 e. The Bertz CT molecular complexity index is 993. The van der Waals surface area contributed by atoms with Gasteiger partial charge in [0.05, 0.1) is 11.6 Å². The van der Waals surface area contributed by atoms with E-state index in [2.05, 4.69) is 0 Å². The maximum absolute atomic E-state index is 12.2. The molecular weight excluding hydrogens is 376 g/mol. The Morgan fingerprint density at radius 2 is 1.63 bits per heavy atom. The fourth-order valence-electron chi connectivity index (χ4n) is 3.55. The van der Waals surface area contributed by atoms with Crippen LogP contribution in [-0.4, -0.2) is 35.5 Å². The quantitative estimate of drug-likeness (QED) is 0.774. The summed E-state index contributed by atoms with van der Waals surface area (Å²) in [5.74, 6) is 0.449. The van der Waals surface area contributed by atoms with Crippen LogP contribution in [0, 0.1) is 11.3 Å². The molecule has 0 N–H and O–H groups in total. The van der Waals surface area contributed by atoms with E-state index in [1.54, 1.807) is 17.0 Å². The molecule has 0 bridgehead atoms. The van der Waals surface area contributed by atoms with Gasteiger partial charge in [-0.2, -0.15) is 5.26 Å². The predicted molar refractivity (Wildman–Crippen MR) is 115 cm³/mol. The van der Waals surface area contributed by atoms with Crippen molar-refractivity contribution in [1.82, 2.24) is 4.90 Å². The van der Waals surface area contributed by atoms with E-state index < -0.39 is 0 Å². The van der Waals surface area contributed by atoms with Gasteiger partial charge in [-0.15, -0.1) is 0 Å². The first-order chi connectivity index (χ1) is 14.6. The zero-order valence-electron chi connectivity index (χ0n) is 16.8. The van der Waals surface area contributed by atoms with E-state index in [-0.39, 0.29) is 17.5 Å². The standard InChI is InChI=1S/C18H19NO3.C7H5N/c20-15-7-9-19(10-8-15)18(22)6-5-13-11-14-3-1-2-4-16(14)17(21)12-13;8-6-7-4-2-1-3-5-7/h1-4,11H,5-10,12H2;1-5H. The number of benzene rings is 2. The van der Waals surface area contributed by atoms with E-state index in [1.807, 2.05) is 54.6 Å². The minimum absolute atomic E-state index is 0.0831. The van der Waals surface area contributed by atoms with Crippen molar-refractivity contribution in [2.24, 2.45) is 0 Å². The molecule has 1 aliphatic carbocycles. The van der Waals surface area contributed by atoms with E-state index in [4.69, 9.17) is 5.26 Å². The highest BCUT2D eigenvalue weighted by molar-refractivity contribution is 6.03. The molecule has 0 spiro atoms. The van der Waals surface area contributed by atoms with Gasteiger partial charge in [0.1, 0.15) is 5.78 Å². The number of nitrogens with zero attached hydrogens (tertiary/aromatic N) is 2. The van der Waals surface area contributed by atoms with Gasteiger partial charge in [0.15, 0.2) is 5.78 Å². The Labute approximate surface area is 176 Å². The first-order valence-corrected chi connectivity index (χ1v) is 10.1. The summed E-state index contributed by atoms with van der Waals surface area (Å²) in [5.41, 5.74) is 3.45. The van der Waals surface area contributed by atoms with E-state index in [0.29, 0.717) is 50.8 Å². The van der Waals surface area contributed by atoms with Crippen LogP contribution < -0.4 is 0 Å². The number of hydrogen-bond acceptors (Lipinski definition) is 4. The summed E-state index contributed by atoms with van der Waals surface area (Å²) in [6, 6.07) is 18.7. The number of hydrogen-bond donors (Lipinski definition) is 0. The highest BCUT2D eigenvalue weighted by Gasteiger charge is 2.22. The number of piperidine rings is 1. The second-order valence-electron chi connectivity index (χ2n) is 7.39. The molecule has 0 unspecified atom stereocenters. The summed E-state index contributed by atoms with van der Waals surface area (Å²) in [6.07, 6.45) is 4.41. The highest BCUT2D eigenvalue weighted by atomic mass is 16.2. The number of carbonyl (C=O) groups is 3. The molecule has 1 amide bonds. The molecular formula is C25H24N2O3. The lowest BCUT2D eigenvalue weighted by molar-refractivity contribution is -0.134. The number of amides is 1. The van der Waals surface area contributed by atoms with Gasteiger partial charge in [-0.25, -0.2) is 0 Å². The fourth-order valence-corrected chi connectivity index (χ4v) is 3.55. The first kappa shape index (κ1) is 21.2. The minimum Gasteiger partial charge on any atom is -0.342 e. The molecule has 1 heterocycles. The normalized spacial score (nSPS) is 15.3. The number of carbonyl (C=O) groups excluding carboxylic acids is 3. The van der Waals surface area contributed by atoms with Gasteiger partial charge in [-0.1, -0.05) is 54.1 Å². The molecule has 2 aromatic carbocycles. The van der Waals surface area contributed by atoms with Crippen molar-refractivity contribution in [3.8, 4) is 6.07 Å². The molecule has 5 nitrogen and oxygen atoms in total. The third-order valence-electron chi connectivity index (χ3n) is 5.25. The summed E-state index contributed by atoms with van der Waals surface area (Å²) >= 11 is 0. The van der Waals surface area contributed by atoms with Crippen LogP contribution in [0.4, 0.5) is 0 Å². The van der Waals surface area contributed by atoms with E-state index in [1.165, 1.54) is 0 Å². The molecule has 0 aromatic heterocycles. The number of fused-ring (bicyclic) bond motifs is 1. The molecule has 5 heteroatoms. The van der Waals surface area contributed by atoms with Gasteiger partial charge in [-0.05, 0) is 24.1 Å². The van der Waals surface area contributed by atoms with Crippen molar-refractivity contribution in [2.45, 2.75) is 32.1 Å². The van der Waals surface area contributed by atoms with Gasteiger partial charge in [0.2, 0.25) is 5.91 Å². The average Bonchev–Trinajstić information content (AvgIpc) is 2.79. The fraction of sp³-hybridized carbons (Fsp3) is 0.280. The second-order valence-corrected chi connectivity index (χ2v) is 7.39. The predicted octanol–water partition coefficient (Wildman–Crippen LogP) is 4.19. The number of ketones is 2. The SMILES string of the molecule is N#Cc1ccccc1.O=C1CCN(C(=O)CCC2=Cc3ccccc3C(=O)C2)CC1. The maximum Gasteiger partial charge on any atom is 0.222 e. The van der Waals surface area contributed by atoms with Crippen LogP contribution in [-0.2, 0) is 9.59 Å². The van der Waals surface area contributed by atoms with Gasteiger partial charge < -0.3 is 4.90 Å². The third-order valence-corrected chi connectivity index (χ3v) is 5.25. The van der Waals surface area contributed by atoms with Crippen molar-refractivity contribution in [3.05, 3.63) is 76.9 Å². The van der Waals surface area contributed by atoms with Crippen LogP contribution in [0.1, 0.15) is 53.6 Å². The zero-order chi connectivity index (χ0) is 21.3. The minimum atomic E-state index is 0.0831. The lowest BCUT2D eigenvalue weighted by Gasteiger charge is -2.26. The summed E-state index contributed by atoms with van der Waals surface area (Å²) in [6.45, 7) is 1.08. The highest BCUT2D eigenvalue weighted by Crippen LogP contribution is 2.26. The monoisotopic (exact) mass is 400 g/mol. The Balaban J connectivity index is 0.000000269. The van der Waals surface area contributed by atoms with Crippen molar-refractivity contribution >= 4 is 23.5 Å². The molecule has 0 atom stereocenters. The first-order valence-electron chi connectivity index (χ1n) is 10.1. The summed E-state index contributed by atoms with van der Waals surface area (Å²) in [7, 11) is 0. The molecule has 2 aromatic rings. The lowest BCUT2D eigenvalue weighted by atomic mass is 9.89. The number of likely N-dealkylation sites (tertiary alicyclic amines) is 1. The molecule has 30 heavy (non-hydrogen) atoms. The smallest absolute Gasteiger partial charge is 0.222 e. The van der Waals surface area contributed by atoms with Crippen LogP contribution in [0.3, 0.4) is 0 Å². The molecule has 0 radical (unpaired) electrons. The van der Waals surface area contributed by atoms with Crippen LogP contribution in [0.5, 0.6) is 0 Å². The Kier molecular flexibility index (Phi) is 7.29. The van der Waals surface area contributed by atoms with Crippen molar-refractivity contribution in [1.29, 1.82) is 5.26 Å². The van der Waals surface area contributed by atoms with Crippen molar-refractivity contribution in [2.75, 3.05) is 13.1 Å². The second kappa shape index (κ2) is 10.3. The molecule has 0 saturated carbocycles. The third kappa shape index (κ3) is 5.74. The molecule has 152 valence electrons. The van der Waals surface area contributed by atoms with Gasteiger partial charge >= 0.3 is 0 Å².